The van der Waals surface area contributed by atoms with Crippen LogP contribution >= 0.6 is 11.8 Å². The standard InChI is InChI=1S/C22H21NO3S.C20H17NO4S.C2H6/c1-15(2)14-27-20-8-4-16(3)18(11-20)6-7-19-10-17(12-23)5-9-21(19)26-13-22(24)25;1-3-26(24)18-8-4-14(2)16(11-18)6-7-17-10-15(12-21)5-9-19(17)25-13-20(22)23;1-2/h4-5,8-11,15H,13-14H2,1-3H3,(H,24,25);4-5,8-11H,3,13H2,1-2H3,(H,22,23);1-2H3. The number of hydrogen-bond acceptors (Lipinski definition) is 8. The van der Waals surface area contributed by atoms with Gasteiger partial charge >= 0.3 is 11.9 Å². The molecule has 284 valence electrons. The summed E-state index contributed by atoms with van der Waals surface area (Å²) in [6.07, 6.45) is 0. The Hall–Kier alpha value is -5.98. The van der Waals surface area contributed by atoms with Crippen LogP contribution in [0.1, 0.15) is 79.1 Å². The highest BCUT2D eigenvalue weighted by atomic mass is 32.2. The Bertz CT molecular complexity index is 2210. The molecule has 0 bridgehead atoms. The van der Waals surface area contributed by atoms with Crippen molar-refractivity contribution in [1.29, 1.82) is 10.5 Å². The largest absolute Gasteiger partial charge is 0.481 e. The van der Waals surface area contributed by atoms with Crippen LogP contribution in [0.15, 0.2) is 82.6 Å². The maximum atomic E-state index is 12.0. The number of carbonyl (C=O) groups is 2. The van der Waals surface area contributed by atoms with Crippen LogP contribution in [0.4, 0.5) is 0 Å². The second kappa shape index (κ2) is 23.6. The normalized spacial score (nSPS) is 10.2. The molecule has 0 fully saturated rings. The summed E-state index contributed by atoms with van der Waals surface area (Å²) in [6, 6.07) is 25.1. The van der Waals surface area contributed by atoms with Gasteiger partial charge < -0.3 is 19.7 Å². The second-order valence-corrected chi connectivity index (χ2v) is 14.6. The van der Waals surface area contributed by atoms with E-state index < -0.39 is 36.0 Å². The molecule has 1 atom stereocenters. The third-order valence-electron chi connectivity index (χ3n) is 7.11. The number of ether oxygens (including phenoxy) is 2. The number of aryl methyl sites for hydroxylation is 2. The zero-order valence-electron chi connectivity index (χ0n) is 32.0. The second-order valence-electron chi connectivity index (χ2n) is 11.8. The summed E-state index contributed by atoms with van der Waals surface area (Å²) >= 11 is 1.79. The summed E-state index contributed by atoms with van der Waals surface area (Å²) < 4.78 is 22.5. The molecule has 0 aliphatic heterocycles. The predicted molar refractivity (Wildman–Crippen MR) is 217 cm³/mol. The molecule has 4 aromatic carbocycles. The average molecular weight is 777 g/mol. The van der Waals surface area contributed by atoms with Crippen molar-refractivity contribution in [3.63, 3.8) is 0 Å². The Morgan fingerprint density at radius 2 is 1.16 bits per heavy atom. The van der Waals surface area contributed by atoms with Gasteiger partial charge in [-0.1, -0.05) is 70.4 Å². The third kappa shape index (κ3) is 15.5. The SMILES string of the molecule is CC.CCS(=O)c1ccc(C)c(C#Cc2cc(C#N)ccc2OCC(=O)O)c1.Cc1ccc(SCC(C)C)cc1C#Cc1cc(C#N)ccc1OCC(=O)O. The van der Waals surface area contributed by atoms with E-state index in [1.807, 2.05) is 58.9 Å². The van der Waals surface area contributed by atoms with Gasteiger partial charge in [0, 0.05) is 32.4 Å². The smallest absolute Gasteiger partial charge is 0.341 e. The van der Waals surface area contributed by atoms with Gasteiger partial charge in [0.25, 0.3) is 0 Å². The van der Waals surface area contributed by atoms with E-state index in [0.717, 1.165) is 32.9 Å². The number of carboxylic acid groups (broad SMARTS) is 2. The van der Waals surface area contributed by atoms with E-state index in [-0.39, 0.29) is 0 Å². The Morgan fingerprint density at radius 3 is 1.60 bits per heavy atom. The van der Waals surface area contributed by atoms with Crippen molar-refractivity contribution in [2.75, 3.05) is 24.7 Å². The molecule has 0 aliphatic carbocycles. The molecule has 1 unspecified atom stereocenters. The lowest BCUT2D eigenvalue weighted by molar-refractivity contribution is -0.140. The fourth-order valence-corrected chi connectivity index (χ4v) is 6.02. The summed E-state index contributed by atoms with van der Waals surface area (Å²) in [5.41, 5.74) is 5.36. The number of nitriles is 2. The fraction of sp³-hybridized carbons (Fsp3) is 0.273. The minimum atomic E-state index is -1.10. The quantitative estimate of drug-likeness (QED) is 0.112. The minimum Gasteiger partial charge on any atom is -0.481 e. The van der Waals surface area contributed by atoms with Crippen LogP contribution in [0, 0.1) is 66.1 Å². The van der Waals surface area contributed by atoms with Gasteiger partial charge in [-0.3, -0.25) is 4.21 Å². The molecule has 4 rings (SSSR count). The van der Waals surface area contributed by atoms with Crippen LogP contribution in [0.5, 0.6) is 11.5 Å². The van der Waals surface area contributed by atoms with Crippen molar-refractivity contribution in [2.24, 2.45) is 5.92 Å². The Balaban J connectivity index is 0.000000364. The van der Waals surface area contributed by atoms with Gasteiger partial charge in [-0.15, -0.1) is 11.8 Å². The van der Waals surface area contributed by atoms with Crippen LogP contribution in [-0.2, 0) is 20.4 Å². The van der Waals surface area contributed by atoms with Crippen LogP contribution in [0.25, 0.3) is 0 Å². The van der Waals surface area contributed by atoms with E-state index >= 15 is 0 Å². The highest BCUT2D eigenvalue weighted by Gasteiger charge is 2.09. The van der Waals surface area contributed by atoms with E-state index in [0.29, 0.717) is 50.3 Å². The number of nitrogens with zero attached hydrogens (tertiary/aromatic N) is 2. The van der Waals surface area contributed by atoms with Gasteiger partial charge in [-0.25, -0.2) is 9.59 Å². The molecule has 11 heteroatoms. The van der Waals surface area contributed by atoms with Crippen molar-refractivity contribution < 1.29 is 33.5 Å². The number of rotatable bonds is 11. The molecular weight excluding hydrogens is 733 g/mol. The number of carboxylic acids is 2. The zero-order valence-corrected chi connectivity index (χ0v) is 33.6. The molecule has 55 heavy (non-hydrogen) atoms. The predicted octanol–water partition coefficient (Wildman–Crippen LogP) is 8.36. The van der Waals surface area contributed by atoms with E-state index in [1.165, 1.54) is 6.07 Å². The number of benzene rings is 4. The van der Waals surface area contributed by atoms with Gasteiger partial charge in [0.1, 0.15) is 11.5 Å². The van der Waals surface area contributed by atoms with Gasteiger partial charge in [-0.05, 0) is 91.6 Å². The van der Waals surface area contributed by atoms with Crippen LogP contribution < -0.4 is 9.47 Å². The maximum Gasteiger partial charge on any atom is 0.341 e. The van der Waals surface area contributed by atoms with Gasteiger partial charge in [0.2, 0.25) is 0 Å². The molecule has 0 aliphatic rings. The molecule has 0 spiro atoms. The molecule has 0 saturated carbocycles. The Morgan fingerprint density at radius 1 is 0.709 bits per heavy atom. The number of aliphatic carboxylic acids is 2. The summed E-state index contributed by atoms with van der Waals surface area (Å²) in [5.74, 6) is 12.8. The fourth-order valence-electron chi connectivity index (χ4n) is 4.33. The number of hydrogen-bond donors (Lipinski definition) is 2. The van der Waals surface area contributed by atoms with Crippen LogP contribution in [0.2, 0.25) is 0 Å². The molecule has 0 amide bonds. The average Bonchev–Trinajstić information content (AvgIpc) is 3.18. The minimum absolute atomic E-state index is 0.296. The van der Waals surface area contributed by atoms with Gasteiger partial charge in [0.15, 0.2) is 13.2 Å². The summed E-state index contributed by atoms with van der Waals surface area (Å²) in [5, 5.41) is 35.8. The lowest BCUT2D eigenvalue weighted by Gasteiger charge is -2.07. The lowest BCUT2D eigenvalue weighted by atomic mass is 10.1. The summed E-state index contributed by atoms with van der Waals surface area (Å²) in [4.78, 5) is 23.3. The first-order valence-corrected chi connectivity index (χ1v) is 19.7. The molecular formula is C44H44N2O7S2. The maximum absolute atomic E-state index is 12.0. The third-order valence-corrected chi connectivity index (χ3v) is 9.83. The molecule has 0 aromatic heterocycles. The molecule has 0 heterocycles. The first-order valence-electron chi connectivity index (χ1n) is 17.4. The van der Waals surface area contributed by atoms with Crippen molar-refractivity contribution >= 4 is 34.5 Å². The molecule has 2 N–H and O–H groups in total. The Kier molecular flexibility index (Phi) is 19.4. The molecule has 9 nitrogen and oxygen atoms in total. The molecule has 4 aromatic rings. The Labute approximate surface area is 330 Å². The monoisotopic (exact) mass is 776 g/mol. The van der Waals surface area contributed by atoms with Crippen molar-refractivity contribution in [3.8, 4) is 47.3 Å². The summed E-state index contributed by atoms with van der Waals surface area (Å²) in [7, 11) is -1.08. The topological polar surface area (TPSA) is 158 Å². The highest BCUT2D eigenvalue weighted by molar-refractivity contribution is 7.99. The van der Waals surface area contributed by atoms with Crippen LogP contribution in [0.3, 0.4) is 0 Å². The first-order chi connectivity index (χ1) is 26.3. The van der Waals surface area contributed by atoms with E-state index in [4.69, 9.17) is 30.2 Å². The zero-order chi connectivity index (χ0) is 40.9. The van der Waals surface area contributed by atoms with Crippen molar-refractivity contribution in [3.05, 3.63) is 117 Å². The van der Waals surface area contributed by atoms with Crippen molar-refractivity contribution in [1.82, 2.24) is 0 Å². The van der Waals surface area contributed by atoms with E-state index in [1.54, 1.807) is 48.2 Å². The molecule has 0 radical (unpaired) electrons. The van der Waals surface area contributed by atoms with Crippen molar-refractivity contribution in [2.45, 2.75) is 58.3 Å². The molecule has 0 saturated heterocycles. The first kappa shape index (κ1) is 45.2. The lowest BCUT2D eigenvalue weighted by Crippen LogP contribution is -2.10. The van der Waals surface area contributed by atoms with Crippen LogP contribution in [-0.4, -0.2) is 51.1 Å². The van der Waals surface area contributed by atoms with E-state index in [2.05, 4.69) is 55.7 Å². The highest BCUT2D eigenvalue weighted by Crippen LogP contribution is 2.24. The number of thioether (sulfide) groups is 1. The summed E-state index contributed by atoms with van der Waals surface area (Å²) in [6.45, 7) is 13.2. The van der Waals surface area contributed by atoms with Gasteiger partial charge in [-0.2, -0.15) is 10.5 Å². The van der Waals surface area contributed by atoms with Gasteiger partial charge in [0.05, 0.1) is 45.2 Å². The van der Waals surface area contributed by atoms with E-state index in [9.17, 15) is 13.8 Å².